The molecule has 0 radical (unpaired) electrons. The van der Waals surface area contributed by atoms with E-state index in [-0.39, 0.29) is 16.9 Å². The van der Waals surface area contributed by atoms with E-state index in [0.29, 0.717) is 34.5 Å². The quantitative estimate of drug-likeness (QED) is 0.244. The number of nitrogens with zero attached hydrogens (tertiary/aromatic N) is 5. The van der Waals surface area contributed by atoms with E-state index in [1.165, 1.54) is 16.2 Å². The van der Waals surface area contributed by atoms with Crippen LogP contribution in [-0.4, -0.2) is 44.9 Å². The molecule has 1 aromatic heterocycles. The maximum Gasteiger partial charge on any atom is 0.420 e. The highest BCUT2D eigenvalue weighted by molar-refractivity contribution is 9.09. The Kier molecular flexibility index (Phi) is 7.93. The summed E-state index contributed by atoms with van der Waals surface area (Å²) in [6, 6.07) is 14.9. The first-order valence-electron chi connectivity index (χ1n) is 11.1. The SMILES string of the molecule is Cc1ccccc1N(C(=O)OC1CCN(C(C)Br)C(=O)N1c1nnc(CCl)s1)c1ccccc1C. The number of carbonyl (C=O) groups is 2. The smallest absolute Gasteiger partial charge is 0.420 e. The largest absolute Gasteiger partial charge is 0.424 e. The van der Waals surface area contributed by atoms with Crippen molar-refractivity contribution >= 4 is 67.5 Å². The lowest BCUT2D eigenvalue weighted by molar-refractivity contribution is 0.0764. The molecule has 0 aliphatic carbocycles. The highest BCUT2D eigenvalue weighted by atomic mass is 79.9. The van der Waals surface area contributed by atoms with Gasteiger partial charge in [0.25, 0.3) is 0 Å². The molecule has 8 nitrogen and oxygen atoms in total. The molecule has 1 saturated heterocycles. The Labute approximate surface area is 221 Å². The van der Waals surface area contributed by atoms with Gasteiger partial charge in [-0.3, -0.25) is 0 Å². The van der Waals surface area contributed by atoms with Crippen LogP contribution < -0.4 is 9.80 Å². The fraction of sp³-hybridized carbons (Fsp3) is 0.333. The average Bonchev–Trinajstić information content (AvgIpc) is 3.30. The summed E-state index contributed by atoms with van der Waals surface area (Å²) in [6.07, 6.45) is -1.04. The summed E-state index contributed by atoms with van der Waals surface area (Å²) in [5.41, 5.74) is 3.24. The summed E-state index contributed by atoms with van der Waals surface area (Å²) in [5.74, 6) is 0.178. The molecule has 3 amide bonds. The second-order valence-corrected chi connectivity index (χ2v) is 10.7. The van der Waals surface area contributed by atoms with Gasteiger partial charge in [0.15, 0.2) is 6.23 Å². The average molecular weight is 579 g/mol. The molecule has 0 spiro atoms. The van der Waals surface area contributed by atoms with Gasteiger partial charge in [-0.05, 0) is 44.0 Å². The van der Waals surface area contributed by atoms with Crippen LogP contribution in [0.3, 0.4) is 0 Å². The number of urea groups is 1. The number of carbonyl (C=O) groups excluding carboxylic acids is 2. The topological polar surface area (TPSA) is 78.9 Å². The van der Waals surface area contributed by atoms with Crippen LogP contribution in [0.2, 0.25) is 0 Å². The molecule has 2 heterocycles. The van der Waals surface area contributed by atoms with Crippen molar-refractivity contribution in [2.75, 3.05) is 16.3 Å². The summed E-state index contributed by atoms with van der Waals surface area (Å²) in [5, 5.41) is 9.09. The van der Waals surface area contributed by atoms with Crippen LogP contribution >= 0.6 is 38.9 Å². The number of rotatable bonds is 6. The minimum absolute atomic E-state index is 0.178. The summed E-state index contributed by atoms with van der Waals surface area (Å²) >= 11 is 10.6. The van der Waals surface area contributed by atoms with Crippen molar-refractivity contribution < 1.29 is 14.3 Å². The Bertz CT molecular complexity index is 1180. The minimum Gasteiger partial charge on any atom is -0.424 e. The Morgan fingerprint density at radius 1 is 1.17 bits per heavy atom. The highest BCUT2D eigenvalue weighted by Gasteiger charge is 2.41. The molecule has 2 unspecified atom stereocenters. The minimum atomic E-state index is -0.857. The van der Waals surface area contributed by atoms with Gasteiger partial charge in [-0.2, -0.15) is 0 Å². The Morgan fingerprint density at radius 2 is 1.77 bits per heavy atom. The van der Waals surface area contributed by atoms with Gasteiger partial charge in [-0.1, -0.05) is 63.7 Å². The lowest BCUT2D eigenvalue weighted by atomic mass is 10.1. The van der Waals surface area contributed by atoms with Crippen molar-refractivity contribution in [3.8, 4) is 0 Å². The van der Waals surface area contributed by atoms with Crippen LogP contribution in [0.1, 0.15) is 29.5 Å². The number of aryl methyl sites for hydroxylation is 2. The zero-order chi connectivity index (χ0) is 25.1. The van der Waals surface area contributed by atoms with Crippen molar-refractivity contribution in [2.45, 2.75) is 44.3 Å². The molecule has 35 heavy (non-hydrogen) atoms. The van der Waals surface area contributed by atoms with Gasteiger partial charge < -0.3 is 9.64 Å². The van der Waals surface area contributed by atoms with Gasteiger partial charge in [-0.25, -0.2) is 19.4 Å². The predicted molar refractivity (Wildman–Crippen MR) is 142 cm³/mol. The third-order valence-corrected chi connectivity index (χ3v) is 7.52. The number of alkyl halides is 2. The molecule has 0 saturated carbocycles. The van der Waals surface area contributed by atoms with Crippen LogP contribution in [0.5, 0.6) is 0 Å². The van der Waals surface area contributed by atoms with Crippen molar-refractivity contribution in [3.05, 3.63) is 64.7 Å². The van der Waals surface area contributed by atoms with E-state index in [1.54, 1.807) is 9.80 Å². The molecule has 4 rings (SSSR count). The zero-order valence-corrected chi connectivity index (χ0v) is 22.7. The number of hydrogen-bond acceptors (Lipinski definition) is 6. The van der Waals surface area contributed by atoms with E-state index in [9.17, 15) is 9.59 Å². The number of benzene rings is 2. The van der Waals surface area contributed by atoms with Gasteiger partial charge in [-0.15, -0.1) is 21.8 Å². The van der Waals surface area contributed by atoms with Gasteiger partial charge in [0.1, 0.15) is 5.01 Å². The third kappa shape index (κ3) is 5.29. The molecule has 3 aromatic rings. The molecule has 11 heteroatoms. The number of amides is 3. The third-order valence-electron chi connectivity index (χ3n) is 5.69. The summed E-state index contributed by atoms with van der Waals surface area (Å²) in [4.78, 5) is 31.5. The number of aromatic nitrogens is 2. The van der Waals surface area contributed by atoms with Crippen molar-refractivity contribution in [2.24, 2.45) is 0 Å². The zero-order valence-electron chi connectivity index (χ0n) is 19.5. The number of para-hydroxylation sites is 2. The van der Waals surface area contributed by atoms with Gasteiger partial charge >= 0.3 is 12.1 Å². The molecule has 1 aliphatic rings. The van der Waals surface area contributed by atoms with Crippen LogP contribution in [0.25, 0.3) is 0 Å². The maximum absolute atomic E-state index is 13.8. The van der Waals surface area contributed by atoms with E-state index in [4.69, 9.17) is 16.3 Å². The van der Waals surface area contributed by atoms with E-state index >= 15 is 0 Å². The van der Waals surface area contributed by atoms with Gasteiger partial charge in [0.05, 0.1) is 22.2 Å². The van der Waals surface area contributed by atoms with E-state index in [1.807, 2.05) is 69.3 Å². The molecular weight excluding hydrogens is 554 g/mol. The number of ether oxygens (including phenoxy) is 1. The molecule has 1 aliphatic heterocycles. The first kappa shape index (κ1) is 25.4. The first-order valence-corrected chi connectivity index (χ1v) is 13.3. The highest BCUT2D eigenvalue weighted by Crippen LogP contribution is 2.34. The van der Waals surface area contributed by atoms with Crippen LogP contribution in [0.15, 0.2) is 48.5 Å². The fourth-order valence-corrected chi connectivity index (χ4v) is 5.22. The van der Waals surface area contributed by atoms with Gasteiger partial charge in [0, 0.05) is 13.0 Å². The Balaban J connectivity index is 1.71. The van der Waals surface area contributed by atoms with Crippen molar-refractivity contribution in [1.82, 2.24) is 15.1 Å². The van der Waals surface area contributed by atoms with Crippen LogP contribution in [0.4, 0.5) is 26.1 Å². The Morgan fingerprint density at radius 3 is 2.29 bits per heavy atom. The van der Waals surface area contributed by atoms with Crippen molar-refractivity contribution in [1.29, 1.82) is 0 Å². The predicted octanol–water partition coefficient (Wildman–Crippen LogP) is 6.57. The van der Waals surface area contributed by atoms with Crippen LogP contribution in [-0.2, 0) is 10.6 Å². The number of halogens is 2. The Hall–Kier alpha value is -2.69. The molecule has 2 atom stereocenters. The normalized spacial score (nSPS) is 16.8. The molecule has 184 valence electrons. The van der Waals surface area contributed by atoms with Crippen LogP contribution in [0, 0.1) is 13.8 Å². The summed E-state index contributed by atoms with van der Waals surface area (Å²) in [7, 11) is 0. The fourth-order valence-electron chi connectivity index (χ4n) is 3.90. The standard InChI is InChI=1S/C24H25BrClN5O3S/c1-15-8-4-6-10-18(15)30(19-11-7-5-9-16(19)2)24(33)34-21-12-13-29(17(3)25)23(32)31(21)22-28-27-20(14-26)35-22/h4-11,17,21H,12-14H2,1-3H3. The molecular formula is C24H25BrClN5O3S. The van der Waals surface area contributed by atoms with E-state index in [0.717, 1.165) is 11.1 Å². The molecule has 2 aromatic carbocycles. The first-order chi connectivity index (χ1) is 16.8. The molecule has 0 bridgehead atoms. The van der Waals surface area contributed by atoms with E-state index in [2.05, 4.69) is 26.1 Å². The summed E-state index contributed by atoms with van der Waals surface area (Å²) < 4.78 is 6.04. The molecule has 0 N–H and O–H groups in total. The second-order valence-electron chi connectivity index (χ2n) is 8.07. The second kappa shape index (κ2) is 10.9. The van der Waals surface area contributed by atoms with Crippen molar-refractivity contribution in [3.63, 3.8) is 0 Å². The summed E-state index contributed by atoms with van der Waals surface area (Å²) in [6.45, 7) is 6.16. The lowest BCUT2D eigenvalue weighted by Gasteiger charge is -2.40. The molecule has 1 fully saturated rings. The number of hydrogen-bond donors (Lipinski definition) is 0. The van der Waals surface area contributed by atoms with Gasteiger partial charge in [0.2, 0.25) is 5.13 Å². The number of anilines is 3. The van der Waals surface area contributed by atoms with E-state index < -0.39 is 12.3 Å². The monoisotopic (exact) mass is 577 g/mol. The lowest BCUT2D eigenvalue weighted by Crippen LogP contribution is -2.57. The maximum atomic E-state index is 13.8.